The van der Waals surface area contributed by atoms with Gasteiger partial charge in [0, 0.05) is 45.9 Å². The van der Waals surface area contributed by atoms with E-state index in [0.717, 1.165) is 67.5 Å². The van der Waals surface area contributed by atoms with Gasteiger partial charge in [-0.2, -0.15) is 5.10 Å². The summed E-state index contributed by atoms with van der Waals surface area (Å²) in [6.07, 6.45) is 11.0. The van der Waals surface area contributed by atoms with E-state index in [1.54, 1.807) is 18.5 Å². The van der Waals surface area contributed by atoms with Gasteiger partial charge in [0.25, 0.3) is 0 Å². The smallest absolute Gasteiger partial charge is 0.116 e. The maximum Gasteiger partial charge on any atom is 0.116 e. The zero-order chi connectivity index (χ0) is 25.9. The van der Waals surface area contributed by atoms with Gasteiger partial charge in [-0.15, -0.1) is 0 Å². The maximum absolute atomic E-state index is 4.65. The Bertz CT molecular complexity index is 1620. The molecule has 0 aromatic carbocycles. The van der Waals surface area contributed by atoms with Crippen molar-refractivity contribution in [1.29, 1.82) is 0 Å². The van der Waals surface area contributed by atoms with Crippen LogP contribution in [0.1, 0.15) is 30.8 Å². The Balaban J connectivity index is 1.54. The molecule has 37 heavy (non-hydrogen) atoms. The van der Waals surface area contributed by atoms with Gasteiger partial charge in [-0.05, 0) is 43.2 Å². The van der Waals surface area contributed by atoms with Gasteiger partial charge in [0.1, 0.15) is 5.69 Å². The molecule has 0 bridgehead atoms. The summed E-state index contributed by atoms with van der Waals surface area (Å²) in [5.41, 5.74) is 10.1. The lowest BCUT2D eigenvalue weighted by molar-refractivity contribution is 0.778. The van der Waals surface area contributed by atoms with Gasteiger partial charge in [-0.3, -0.25) is 20.1 Å². The normalized spacial score (nSPS) is 11.7. The molecule has 5 aromatic heterocycles. The lowest BCUT2D eigenvalue weighted by Crippen LogP contribution is -2.04. The number of aromatic amines is 2. The molecule has 184 valence electrons. The zero-order valence-corrected chi connectivity index (χ0v) is 21.2. The molecular formula is C30H29N7. The quantitative estimate of drug-likeness (QED) is 0.207. The van der Waals surface area contributed by atoms with Crippen molar-refractivity contribution in [3.8, 4) is 22.6 Å². The van der Waals surface area contributed by atoms with E-state index in [2.05, 4.69) is 75.4 Å². The highest BCUT2D eigenvalue weighted by Crippen LogP contribution is 2.33. The first kappa shape index (κ1) is 23.9. The van der Waals surface area contributed by atoms with Gasteiger partial charge in [0.2, 0.25) is 0 Å². The monoisotopic (exact) mass is 487 g/mol. The summed E-state index contributed by atoms with van der Waals surface area (Å²) in [6.45, 7) is 14.2. The summed E-state index contributed by atoms with van der Waals surface area (Å²) in [5.74, 6) is 0.320. The predicted molar refractivity (Wildman–Crippen MR) is 151 cm³/mol. The molecule has 3 N–H and O–H groups in total. The van der Waals surface area contributed by atoms with Gasteiger partial charge < -0.3 is 10.3 Å². The lowest BCUT2D eigenvalue weighted by Gasteiger charge is -2.13. The number of hydrogen-bond donors (Lipinski definition) is 3. The van der Waals surface area contributed by atoms with Crippen LogP contribution in [-0.2, 0) is 0 Å². The fourth-order valence-electron chi connectivity index (χ4n) is 4.18. The van der Waals surface area contributed by atoms with E-state index in [0.29, 0.717) is 5.92 Å². The molecule has 0 amide bonds. The van der Waals surface area contributed by atoms with Crippen molar-refractivity contribution < 1.29 is 0 Å². The number of H-pyrrole nitrogens is 2. The topological polar surface area (TPSA) is 95.2 Å². The third-order valence-electron chi connectivity index (χ3n) is 6.27. The average molecular weight is 488 g/mol. The summed E-state index contributed by atoms with van der Waals surface area (Å²) in [4.78, 5) is 17.1. The number of hydrogen-bond acceptors (Lipinski definition) is 5. The Labute approximate surface area is 216 Å². The molecule has 0 aliphatic heterocycles. The molecule has 0 aliphatic rings. The van der Waals surface area contributed by atoms with Crippen LogP contribution in [0.5, 0.6) is 0 Å². The van der Waals surface area contributed by atoms with Crippen LogP contribution in [0, 0.1) is 12.8 Å². The number of aryl methyl sites for hydroxylation is 1. The first-order valence-electron chi connectivity index (χ1n) is 12.1. The minimum absolute atomic E-state index is 0.320. The van der Waals surface area contributed by atoms with Crippen LogP contribution in [-0.4, -0.2) is 30.1 Å². The number of anilines is 1. The van der Waals surface area contributed by atoms with Gasteiger partial charge in [-0.1, -0.05) is 45.2 Å². The first-order valence-corrected chi connectivity index (χ1v) is 12.1. The van der Waals surface area contributed by atoms with E-state index in [1.165, 1.54) is 0 Å². The highest BCUT2D eigenvalue weighted by atomic mass is 15.1. The maximum atomic E-state index is 4.65. The predicted octanol–water partition coefficient (Wildman–Crippen LogP) is 6.92. The number of allylic oxidation sites excluding steroid dienone is 3. The van der Waals surface area contributed by atoms with Gasteiger partial charge in [-0.25, -0.2) is 0 Å². The summed E-state index contributed by atoms with van der Waals surface area (Å²) >= 11 is 0. The summed E-state index contributed by atoms with van der Waals surface area (Å²) < 4.78 is 0. The van der Waals surface area contributed by atoms with Crippen molar-refractivity contribution in [3.63, 3.8) is 0 Å². The highest BCUT2D eigenvalue weighted by Gasteiger charge is 2.17. The molecular weight excluding hydrogens is 458 g/mol. The molecule has 0 aliphatic carbocycles. The minimum atomic E-state index is 0.320. The minimum Gasteiger partial charge on any atom is -0.358 e. The molecule has 0 radical (unpaired) electrons. The number of fused-ring (bicyclic) bond motifs is 1. The summed E-state index contributed by atoms with van der Waals surface area (Å²) in [7, 11) is 0. The second-order valence-corrected chi connectivity index (χ2v) is 9.21. The van der Waals surface area contributed by atoms with E-state index in [1.807, 2.05) is 48.8 Å². The Morgan fingerprint density at radius 2 is 1.95 bits per heavy atom. The average Bonchev–Trinajstić information content (AvgIpc) is 3.50. The number of aromatic nitrogens is 6. The molecule has 0 fully saturated rings. The van der Waals surface area contributed by atoms with Crippen LogP contribution < -0.4 is 5.32 Å². The van der Waals surface area contributed by atoms with Gasteiger partial charge >= 0.3 is 0 Å². The molecule has 0 saturated heterocycles. The van der Waals surface area contributed by atoms with Crippen molar-refractivity contribution in [2.24, 2.45) is 5.92 Å². The fourth-order valence-corrected chi connectivity index (χ4v) is 4.18. The summed E-state index contributed by atoms with van der Waals surface area (Å²) in [6, 6.07) is 12.1. The Kier molecular flexibility index (Phi) is 6.51. The SMILES string of the molecule is C=C/C=C(/c1ccccn1)c1cc(-c2n[nH]c3cnc(-c4cncc(NC(=C)C(C)C)c4)cc23)[nH]c1C. The third kappa shape index (κ3) is 4.84. The van der Waals surface area contributed by atoms with Crippen LogP contribution in [0.25, 0.3) is 39.1 Å². The highest BCUT2D eigenvalue weighted by molar-refractivity contribution is 5.95. The van der Waals surface area contributed by atoms with Crippen molar-refractivity contribution in [2.45, 2.75) is 20.8 Å². The van der Waals surface area contributed by atoms with Crippen molar-refractivity contribution >= 4 is 22.2 Å². The van der Waals surface area contributed by atoms with E-state index >= 15 is 0 Å². The van der Waals surface area contributed by atoms with E-state index in [9.17, 15) is 0 Å². The second-order valence-electron chi connectivity index (χ2n) is 9.21. The molecule has 0 saturated carbocycles. The van der Waals surface area contributed by atoms with Crippen molar-refractivity contribution in [3.05, 3.63) is 109 Å². The molecule has 5 aromatic rings. The molecule has 0 spiro atoms. The van der Waals surface area contributed by atoms with Crippen LogP contribution >= 0.6 is 0 Å². The largest absolute Gasteiger partial charge is 0.358 e. The molecule has 0 atom stereocenters. The van der Waals surface area contributed by atoms with Gasteiger partial charge in [0.15, 0.2) is 0 Å². The lowest BCUT2D eigenvalue weighted by atomic mass is 10.0. The first-order chi connectivity index (χ1) is 17.9. The number of nitrogens with one attached hydrogen (secondary N) is 3. The van der Waals surface area contributed by atoms with Gasteiger partial charge in [0.05, 0.1) is 40.7 Å². The Morgan fingerprint density at radius 3 is 2.70 bits per heavy atom. The van der Waals surface area contributed by atoms with Crippen LogP contribution in [0.3, 0.4) is 0 Å². The molecule has 7 nitrogen and oxygen atoms in total. The Hall–Kier alpha value is -4.78. The molecule has 5 rings (SSSR count). The summed E-state index contributed by atoms with van der Waals surface area (Å²) in [5, 5.41) is 12.0. The van der Waals surface area contributed by atoms with Crippen molar-refractivity contribution in [2.75, 3.05) is 5.32 Å². The van der Waals surface area contributed by atoms with Crippen LogP contribution in [0.2, 0.25) is 0 Å². The zero-order valence-electron chi connectivity index (χ0n) is 21.2. The van der Waals surface area contributed by atoms with E-state index in [-0.39, 0.29) is 0 Å². The molecule has 0 unspecified atom stereocenters. The standard InChI is InChI=1S/C30H29N7/c1-6-9-23(26-10-7-8-11-32-26)24-13-28(35-20(24)5)30-25-14-27(33-17-29(25)36-37-30)21-12-22(16-31-15-21)34-19(4)18(2)3/h6-18,34-35H,1,4H2,2-3,5H3,(H,36,37)/b23-9+. The van der Waals surface area contributed by atoms with E-state index in [4.69, 9.17) is 0 Å². The fraction of sp³-hybridized carbons (Fsp3) is 0.133. The number of pyridine rings is 3. The Morgan fingerprint density at radius 1 is 1.08 bits per heavy atom. The molecule has 7 heteroatoms. The number of rotatable bonds is 8. The van der Waals surface area contributed by atoms with Crippen LogP contribution in [0.4, 0.5) is 5.69 Å². The third-order valence-corrected chi connectivity index (χ3v) is 6.27. The van der Waals surface area contributed by atoms with Crippen LogP contribution in [0.15, 0.2) is 92.2 Å². The second kappa shape index (κ2) is 10.1. The molecule has 5 heterocycles. The van der Waals surface area contributed by atoms with E-state index < -0.39 is 0 Å². The number of nitrogens with zero attached hydrogens (tertiary/aromatic N) is 4. The van der Waals surface area contributed by atoms with Crippen molar-refractivity contribution in [1.82, 2.24) is 30.1 Å².